The van der Waals surface area contributed by atoms with Gasteiger partial charge in [-0.3, -0.25) is 4.79 Å². The first-order valence-corrected chi connectivity index (χ1v) is 9.63. The topological polar surface area (TPSA) is 45.7 Å². The van der Waals surface area contributed by atoms with Crippen molar-refractivity contribution < 1.29 is 9.53 Å². The van der Waals surface area contributed by atoms with Gasteiger partial charge >= 0.3 is 0 Å². The normalized spacial score (nSPS) is 21.9. The molecule has 1 saturated heterocycles. The van der Waals surface area contributed by atoms with E-state index < -0.39 is 0 Å². The van der Waals surface area contributed by atoms with E-state index in [4.69, 9.17) is 16.3 Å². The molecule has 4 rings (SSSR count). The van der Waals surface area contributed by atoms with Crippen LogP contribution in [0.1, 0.15) is 25.8 Å². The fraction of sp³-hybridized carbons (Fsp3) is 0.444. The molecule has 1 spiro atoms. The summed E-state index contributed by atoms with van der Waals surface area (Å²) in [6, 6.07) is 6.03. The maximum absolute atomic E-state index is 11.9. The number of hydrogen-bond donors (Lipinski definition) is 0. The minimum absolute atomic E-state index is 0.0800. The Balaban J connectivity index is 1.73. The van der Waals surface area contributed by atoms with E-state index in [1.165, 1.54) is 5.56 Å². The molecule has 132 valence electrons. The molecule has 2 aliphatic heterocycles. The summed E-state index contributed by atoms with van der Waals surface area (Å²) >= 11 is 7.84. The van der Waals surface area contributed by atoms with E-state index in [9.17, 15) is 4.79 Å². The van der Waals surface area contributed by atoms with Crippen molar-refractivity contribution in [3.63, 3.8) is 0 Å². The number of aromatic nitrogens is 1. The smallest absolute Gasteiger partial charge is 0.219 e. The second-order valence-corrected chi connectivity index (χ2v) is 8.02. The molecule has 3 heterocycles. The van der Waals surface area contributed by atoms with Crippen LogP contribution in [0.4, 0.5) is 10.8 Å². The van der Waals surface area contributed by atoms with Crippen molar-refractivity contribution in [1.82, 2.24) is 9.88 Å². The highest BCUT2D eigenvalue weighted by Gasteiger charge is 2.48. The van der Waals surface area contributed by atoms with Crippen molar-refractivity contribution in [2.24, 2.45) is 0 Å². The van der Waals surface area contributed by atoms with Crippen LogP contribution in [0.2, 0.25) is 5.02 Å². The zero-order valence-electron chi connectivity index (χ0n) is 14.3. The number of carbonyl (C=O) groups is 1. The minimum Gasteiger partial charge on any atom is -0.483 e. The van der Waals surface area contributed by atoms with Gasteiger partial charge in [0, 0.05) is 42.7 Å². The summed E-state index contributed by atoms with van der Waals surface area (Å²) in [4.78, 5) is 20.6. The zero-order valence-corrected chi connectivity index (χ0v) is 15.9. The molecule has 25 heavy (non-hydrogen) atoms. The summed E-state index contributed by atoms with van der Waals surface area (Å²) in [5, 5.41) is 2.48. The fourth-order valence-corrected chi connectivity index (χ4v) is 4.90. The summed E-state index contributed by atoms with van der Waals surface area (Å²) in [5.41, 5.74) is 2.27. The third-order valence-electron chi connectivity index (χ3n) is 5.07. The van der Waals surface area contributed by atoms with Gasteiger partial charge in [-0.15, -0.1) is 0 Å². The molecule has 7 heteroatoms. The van der Waals surface area contributed by atoms with Gasteiger partial charge in [-0.1, -0.05) is 22.9 Å². The Hall–Kier alpha value is -1.79. The Labute approximate surface area is 156 Å². The molecule has 0 aliphatic carbocycles. The molecule has 5 nitrogen and oxygen atoms in total. The lowest BCUT2D eigenvalue weighted by molar-refractivity contribution is -0.127. The van der Waals surface area contributed by atoms with Crippen LogP contribution in [0.15, 0.2) is 24.4 Å². The SMILES string of the molecule is CCOc1cnc(N2CC3(CCN(C(C)=O)C3)c3cc(Cl)ccc32)s1. The molecule has 0 saturated carbocycles. The molecular formula is C18H20ClN3O2S. The Bertz CT molecular complexity index is 824. The average Bonchev–Trinajstić information content (AvgIpc) is 3.27. The summed E-state index contributed by atoms with van der Waals surface area (Å²) in [7, 11) is 0. The molecule has 1 unspecified atom stereocenters. The van der Waals surface area contributed by atoms with E-state index in [1.54, 1.807) is 24.5 Å². The molecule has 1 atom stereocenters. The third kappa shape index (κ3) is 2.77. The van der Waals surface area contributed by atoms with Gasteiger partial charge in [-0.2, -0.15) is 0 Å². The Morgan fingerprint density at radius 3 is 3.00 bits per heavy atom. The number of amides is 1. The van der Waals surface area contributed by atoms with Gasteiger partial charge in [-0.25, -0.2) is 4.98 Å². The monoisotopic (exact) mass is 377 g/mol. The highest BCUT2D eigenvalue weighted by Crippen LogP contribution is 2.50. The number of likely N-dealkylation sites (tertiary alicyclic amines) is 1. The minimum atomic E-state index is -0.0800. The number of hydrogen-bond acceptors (Lipinski definition) is 5. The molecular weight excluding hydrogens is 358 g/mol. The van der Waals surface area contributed by atoms with Gasteiger partial charge in [0.2, 0.25) is 5.91 Å². The maximum Gasteiger partial charge on any atom is 0.219 e. The largest absolute Gasteiger partial charge is 0.483 e. The first-order valence-electron chi connectivity index (χ1n) is 8.44. The van der Waals surface area contributed by atoms with Crippen LogP contribution in [0.3, 0.4) is 0 Å². The van der Waals surface area contributed by atoms with E-state index in [1.807, 2.05) is 17.9 Å². The van der Waals surface area contributed by atoms with Crippen LogP contribution in [-0.4, -0.2) is 42.0 Å². The Morgan fingerprint density at radius 1 is 1.44 bits per heavy atom. The molecule has 1 amide bonds. The number of halogens is 1. The van der Waals surface area contributed by atoms with Crippen LogP contribution in [0.5, 0.6) is 5.06 Å². The van der Waals surface area contributed by atoms with E-state index in [0.717, 1.165) is 47.0 Å². The Kier molecular flexibility index (Phi) is 4.12. The molecule has 1 aromatic carbocycles. The molecule has 2 aliphatic rings. The van der Waals surface area contributed by atoms with Crippen molar-refractivity contribution in [2.75, 3.05) is 31.1 Å². The lowest BCUT2D eigenvalue weighted by Gasteiger charge is -2.25. The number of rotatable bonds is 3. The van der Waals surface area contributed by atoms with Gasteiger partial charge in [0.1, 0.15) is 0 Å². The molecule has 0 bridgehead atoms. The lowest BCUT2D eigenvalue weighted by Crippen LogP contribution is -2.36. The summed E-state index contributed by atoms with van der Waals surface area (Å²) < 4.78 is 5.57. The van der Waals surface area contributed by atoms with Crippen LogP contribution < -0.4 is 9.64 Å². The standard InChI is InChI=1S/C18H20ClN3O2S/c1-3-24-16-9-20-17(25-16)22-11-18(6-7-21(10-18)12(2)23)14-8-13(19)4-5-15(14)22/h4-5,8-9H,3,6-7,10-11H2,1-2H3. The number of ether oxygens (including phenoxy) is 1. The third-order valence-corrected chi connectivity index (χ3v) is 6.24. The first kappa shape index (κ1) is 16.7. The van der Waals surface area contributed by atoms with Crippen LogP contribution in [0, 0.1) is 0 Å². The van der Waals surface area contributed by atoms with E-state index in [-0.39, 0.29) is 11.3 Å². The highest BCUT2D eigenvalue weighted by molar-refractivity contribution is 7.17. The number of benzene rings is 1. The van der Waals surface area contributed by atoms with E-state index >= 15 is 0 Å². The molecule has 0 radical (unpaired) electrons. The highest BCUT2D eigenvalue weighted by atomic mass is 35.5. The van der Waals surface area contributed by atoms with Gasteiger partial charge in [0.15, 0.2) is 10.2 Å². The number of nitrogens with zero attached hydrogens (tertiary/aromatic N) is 3. The average molecular weight is 378 g/mol. The molecule has 2 aromatic rings. The van der Waals surface area contributed by atoms with Gasteiger partial charge < -0.3 is 14.5 Å². The second kappa shape index (κ2) is 6.18. The summed E-state index contributed by atoms with van der Waals surface area (Å²) in [5.74, 6) is 0.131. The first-order chi connectivity index (χ1) is 12.0. The van der Waals surface area contributed by atoms with Crippen LogP contribution in [0.25, 0.3) is 0 Å². The van der Waals surface area contributed by atoms with Crippen LogP contribution >= 0.6 is 22.9 Å². The molecule has 0 N–H and O–H groups in total. The summed E-state index contributed by atoms with van der Waals surface area (Å²) in [6.45, 7) is 6.57. The van der Waals surface area contributed by atoms with Gasteiger partial charge in [0.25, 0.3) is 0 Å². The maximum atomic E-state index is 11.9. The number of fused-ring (bicyclic) bond motifs is 2. The predicted octanol–water partition coefficient (Wildman–Crippen LogP) is 3.84. The molecule has 1 fully saturated rings. The second-order valence-electron chi connectivity index (χ2n) is 6.61. The van der Waals surface area contributed by atoms with E-state index in [0.29, 0.717) is 6.61 Å². The fourth-order valence-electron chi connectivity index (χ4n) is 3.89. The number of thiazole rings is 1. The van der Waals surface area contributed by atoms with Crippen molar-refractivity contribution in [1.29, 1.82) is 0 Å². The summed E-state index contributed by atoms with van der Waals surface area (Å²) in [6.07, 6.45) is 2.72. The number of carbonyl (C=O) groups excluding carboxylic acids is 1. The quantitative estimate of drug-likeness (QED) is 0.815. The van der Waals surface area contributed by atoms with Crippen molar-refractivity contribution in [3.05, 3.63) is 35.0 Å². The van der Waals surface area contributed by atoms with Crippen molar-refractivity contribution in [2.45, 2.75) is 25.7 Å². The zero-order chi connectivity index (χ0) is 17.6. The number of anilines is 2. The van der Waals surface area contributed by atoms with Crippen LogP contribution in [-0.2, 0) is 10.2 Å². The lowest BCUT2D eigenvalue weighted by atomic mass is 9.81. The van der Waals surface area contributed by atoms with Gasteiger partial charge in [0.05, 0.1) is 12.8 Å². The van der Waals surface area contributed by atoms with Gasteiger partial charge in [-0.05, 0) is 37.1 Å². The van der Waals surface area contributed by atoms with Crippen molar-refractivity contribution in [3.8, 4) is 5.06 Å². The Morgan fingerprint density at radius 2 is 2.28 bits per heavy atom. The predicted molar refractivity (Wildman–Crippen MR) is 100 cm³/mol. The molecule has 1 aromatic heterocycles. The van der Waals surface area contributed by atoms with Crippen molar-refractivity contribution >= 4 is 39.7 Å². The van der Waals surface area contributed by atoms with E-state index in [2.05, 4.69) is 22.0 Å².